The van der Waals surface area contributed by atoms with Crippen LogP contribution in [-0.4, -0.2) is 38.6 Å². The number of rotatable bonds is 5. The number of benzene rings is 2. The minimum Gasteiger partial charge on any atom is -0.480 e. The first kappa shape index (κ1) is 16.0. The molecule has 0 unspecified atom stereocenters. The first-order chi connectivity index (χ1) is 11.6. The van der Waals surface area contributed by atoms with E-state index < -0.39 is 18.4 Å². The van der Waals surface area contributed by atoms with Gasteiger partial charge in [-0.1, -0.05) is 48.0 Å². The molecule has 0 bridgehead atoms. The van der Waals surface area contributed by atoms with E-state index in [9.17, 15) is 9.59 Å². The number of para-hydroxylation sites is 1. The molecule has 0 aliphatic heterocycles. The van der Waals surface area contributed by atoms with Crippen LogP contribution in [0.2, 0.25) is 5.02 Å². The van der Waals surface area contributed by atoms with Crippen molar-refractivity contribution in [3.05, 3.63) is 64.8 Å². The molecule has 24 heavy (non-hydrogen) atoms. The second-order valence-electron chi connectivity index (χ2n) is 5.26. The van der Waals surface area contributed by atoms with Crippen LogP contribution >= 0.6 is 11.6 Å². The van der Waals surface area contributed by atoms with Crippen molar-refractivity contribution < 1.29 is 14.7 Å². The Bertz CT molecular complexity index is 907. The fraction of sp³-hybridized carbons (Fsp3) is 0.118. The summed E-state index contributed by atoms with van der Waals surface area (Å²) in [4.78, 5) is 25.2. The standard InChI is InChI=1S/C17H14ClN3O3/c18-13-7-3-1-5-11(13)9-21(10-15(22)23)17(24)16-12-6-2-4-8-14(12)19-20-16/h1-8H,9-10H2,(H,19,20)(H,22,23). The molecule has 0 fully saturated rings. The summed E-state index contributed by atoms with van der Waals surface area (Å²) in [6, 6.07) is 14.2. The fourth-order valence-electron chi connectivity index (χ4n) is 2.47. The average Bonchev–Trinajstić information content (AvgIpc) is 2.99. The van der Waals surface area contributed by atoms with Gasteiger partial charge >= 0.3 is 5.97 Å². The minimum absolute atomic E-state index is 0.0893. The molecular weight excluding hydrogens is 330 g/mol. The Labute approximate surface area is 142 Å². The lowest BCUT2D eigenvalue weighted by Crippen LogP contribution is -2.35. The third-order valence-corrected chi connectivity index (χ3v) is 3.97. The lowest BCUT2D eigenvalue weighted by atomic mass is 10.1. The van der Waals surface area contributed by atoms with Gasteiger partial charge in [-0.15, -0.1) is 0 Å². The van der Waals surface area contributed by atoms with Crippen molar-refractivity contribution in [2.75, 3.05) is 6.54 Å². The normalized spacial score (nSPS) is 10.7. The van der Waals surface area contributed by atoms with Crippen LogP contribution in [-0.2, 0) is 11.3 Å². The monoisotopic (exact) mass is 343 g/mol. The zero-order chi connectivity index (χ0) is 17.1. The third-order valence-electron chi connectivity index (χ3n) is 3.61. The number of carboxylic acids is 1. The van der Waals surface area contributed by atoms with E-state index in [-0.39, 0.29) is 12.2 Å². The van der Waals surface area contributed by atoms with Gasteiger partial charge in [-0.3, -0.25) is 14.7 Å². The number of hydrogen-bond donors (Lipinski definition) is 2. The van der Waals surface area contributed by atoms with Crippen LogP contribution in [0.1, 0.15) is 16.1 Å². The van der Waals surface area contributed by atoms with Crippen molar-refractivity contribution >= 4 is 34.4 Å². The first-order valence-corrected chi connectivity index (χ1v) is 7.61. The fourth-order valence-corrected chi connectivity index (χ4v) is 2.67. The predicted molar refractivity (Wildman–Crippen MR) is 89.9 cm³/mol. The van der Waals surface area contributed by atoms with E-state index >= 15 is 0 Å². The third kappa shape index (κ3) is 3.23. The van der Waals surface area contributed by atoms with Crippen molar-refractivity contribution in [1.82, 2.24) is 15.1 Å². The van der Waals surface area contributed by atoms with Crippen LogP contribution in [0, 0.1) is 0 Å². The van der Waals surface area contributed by atoms with Crippen LogP contribution in [0.4, 0.5) is 0 Å². The number of aromatic amines is 1. The molecule has 2 aromatic carbocycles. The molecule has 0 atom stereocenters. The second kappa shape index (κ2) is 6.72. The number of amides is 1. The maximum Gasteiger partial charge on any atom is 0.323 e. The quantitative estimate of drug-likeness (QED) is 0.745. The maximum absolute atomic E-state index is 12.8. The summed E-state index contributed by atoms with van der Waals surface area (Å²) in [5.41, 5.74) is 1.58. The molecule has 7 heteroatoms. The number of nitrogens with zero attached hydrogens (tertiary/aromatic N) is 2. The highest BCUT2D eigenvalue weighted by molar-refractivity contribution is 6.31. The molecule has 0 saturated heterocycles. The van der Waals surface area contributed by atoms with Crippen molar-refractivity contribution in [2.45, 2.75) is 6.54 Å². The first-order valence-electron chi connectivity index (χ1n) is 7.24. The molecule has 0 radical (unpaired) electrons. The van der Waals surface area contributed by atoms with Gasteiger partial charge in [0.2, 0.25) is 0 Å². The molecular formula is C17H14ClN3O3. The van der Waals surface area contributed by atoms with E-state index in [1.54, 1.807) is 42.5 Å². The predicted octanol–water partition coefficient (Wildman–Crippen LogP) is 2.94. The Hall–Kier alpha value is -2.86. The smallest absolute Gasteiger partial charge is 0.323 e. The molecule has 3 rings (SSSR count). The minimum atomic E-state index is -1.10. The van der Waals surface area contributed by atoms with Crippen molar-refractivity contribution in [3.63, 3.8) is 0 Å². The van der Waals surface area contributed by atoms with Crippen LogP contribution in [0.25, 0.3) is 10.9 Å². The summed E-state index contributed by atoms with van der Waals surface area (Å²) in [7, 11) is 0. The van der Waals surface area contributed by atoms with Crippen molar-refractivity contribution in [3.8, 4) is 0 Å². The molecule has 6 nitrogen and oxygen atoms in total. The molecule has 0 spiro atoms. The maximum atomic E-state index is 12.8. The number of H-pyrrole nitrogens is 1. The van der Waals surface area contributed by atoms with Crippen LogP contribution in [0.5, 0.6) is 0 Å². The van der Waals surface area contributed by atoms with E-state index in [0.717, 1.165) is 0 Å². The molecule has 2 N–H and O–H groups in total. The summed E-state index contributed by atoms with van der Waals surface area (Å²) in [6.45, 7) is -0.350. The molecule has 122 valence electrons. The van der Waals surface area contributed by atoms with Gasteiger partial charge in [0.25, 0.3) is 5.91 Å². The molecule has 1 aromatic heterocycles. The summed E-state index contributed by atoms with van der Waals surface area (Å²) in [6.07, 6.45) is 0. The van der Waals surface area contributed by atoms with E-state index in [4.69, 9.17) is 16.7 Å². The summed E-state index contributed by atoms with van der Waals surface area (Å²) >= 11 is 6.12. The van der Waals surface area contributed by atoms with Gasteiger partial charge in [0.1, 0.15) is 6.54 Å². The highest BCUT2D eigenvalue weighted by atomic mass is 35.5. The number of carbonyl (C=O) groups excluding carboxylic acids is 1. The van der Waals surface area contributed by atoms with Crippen LogP contribution in [0.15, 0.2) is 48.5 Å². The number of aromatic nitrogens is 2. The number of aliphatic carboxylic acids is 1. The second-order valence-corrected chi connectivity index (χ2v) is 5.67. The lowest BCUT2D eigenvalue weighted by molar-refractivity contribution is -0.137. The lowest BCUT2D eigenvalue weighted by Gasteiger charge is -2.20. The zero-order valence-electron chi connectivity index (χ0n) is 12.6. The van der Waals surface area contributed by atoms with Gasteiger partial charge in [0.15, 0.2) is 5.69 Å². The van der Waals surface area contributed by atoms with Crippen LogP contribution in [0.3, 0.4) is 0 Å². The number of carboxylic acid groups (broad SMARTS) is 1. The van der Waals surface area contributed by atoms with Gasteiger partial charge in [-0.2, -0.15) is 5.10 Å². The molecule has 1 amide bonds. The Morgan fingerprint density at radius 2 is 1.83 bits per heavy atom. The van der Waals surface area contributed by atoms with Gasteiger partial charge in [0.05, 0.1) is 5.52 Å². The highest BCUT2D eigenvalue weighted by Gasteiger charge is 2.23. The topological polar surface area (TPSA) is 86.3 Å². The highest BCUT2D eigenvalue weighted by Crippen LogP contribution is 2.21. The summed E-state index contributed by atoms with van der Waals surface area (Å²) < 4.78 is 0. The van der Waals surface area contributed by atoms with E-state index in [2.05, 4.69) is 10.2 Å². The molecule has 0 saturated carbocycles. The van der Waals surface area contributed by atoms with Crippen LogP contribution < -0.4 is 0 Å². The number of carbonyl (C=O) groups is 2. The van der Waals surface area contributed by atoms with Gasteiger partial charge in [0, 0.05) is 17.0 Å². The number of nitrogens with one attached hydrogen (secondary N) is 1. The Kier molecular flexibility index (Phi) is 4.48. The Morgan fingerprint density at radius 3 is 2.58 bits per heavy atom. The largest absolute Gasteiger partial charge is 0.480 e. The van der Waals surface area contributed by atoms with Crippen molar-refractivity contribution in [1.29, 1.82) is 0 Å². The molecule has 0 aliphatic rings. The zero-order valence-corrected chi connectivity index (χ0v) is 13.3. The van der Waals surface area contributed by atoms with E-state index in [1.165, 1.54) is 4.90 Å². The Morgan fingerprint density at radius 1 is 1.12 bits per heavy atom. The van der Waals surface area contributed by atoms with E-state index in [1.807, 2.05) is 6.07 Å². The van der Waals surface area contributed by atoms with Crippen molar-refractivity contribution in [2.24, 2.45) is 0 Å². The average molecular weight is 344 g/mol. The SMILES string of the molecule is O=C(O)CN(Cc1ccccc1Cl)C(=O)c1n[nH]c2ccccc12. The number of fused-ring (bicyclic) bond motifs is 1. The summed E-state index contributed by atoms with van der Waals surface area (Å²) in [5, 5.41) is 17.1. The Balaban J connectivity index is 1.95. The molecule has 3 aromatic rings. The van der Waals surface area contributed by atoms with Gasteiger partial charge < -0.3 is 10.0 Å². The van der Waals surface area contributed by atoms with E-state index in [0.29, 0.717) is 21.5 Å². The number of halogens is 1. The number of hydrogen-bond acceptors (Lipinski definition) is 3. The van der Waals surface area contributed by atoms with Gasteiger partial charge in [-0.25, -0.2) is 0 Å². The molecule has 1 heterocycles. The summed E-state index contributed by atoms with van der Waals surface area (Å²) in [5.74, 6) is -1.56. The molecule has 0 aliphatic carbocycles. The van der Waals surface area contributed by atoms with Gasteiger partial charge in [-0.05, 0) is 17.7 Å².